The van der Waals surface area contributed by atoms with Crippen LogP contribution in [-0.4, -0.2) is 28.6 Å². The molecule has 94 valence electrons. The predicted molar refractivity (Wildman–Crippen MR) is 77.2 cm³/mol. The number of hydrogen-bond acceptors (Lipinski definition) is 3. The van der Waals surface area contributed by atoms with E-state index in [2.05, 4.69) is 37.4 Å². The first-order chi connectivity index (χ1) is 7.66. The van der Waals surface area contributed by atoms with Gasteiger partial charge in [-0.15, -0.1) is 0 Å². The van der Waals surface area contributed by atoms with E-state index in [4.69, 9.17) is 5.73 Å². The highest BCUT2D eigenvalue weighted by molar-refractivity contribution is 8.06. The molecule has 1 saturated carbocycles. The summed E-state index contributed by atoms with van der Waals surface area (Å²) in [4.78, 5) is 0. The zero-order valence-electron chi connectivity index (χ0n) is 10.5. The number of rotatable bonds is 2. The molecule has 0 aromatic rings. The fraction of sp³-hybridized carbons (Fsp3) is 1.00. The summed E-state index contributed by atoms with van der Waals surface area (Å²) < 4.78 is 0. The Balaban J connectivity index is 1.89. The van der Waals surface area contributed by atoms with Crippen molar-refractivity contribution < 1.29 is 0 Å². The highest BCUT2D eigenvalue weighted by Gasteiger charge is 2.33. The molecule has 1 aliphatic carbocycles. The van der Waals surface area contributed by atoms with Crippen LogP contribution in [0, 0.1) is 17.8 Å². The van der Waals surface area contributed by atoms with Crippen molar-refractivity contribution in [2.45, 2.75) is 44.4 Å². The molecule has 0 radical (unpaired) electrons. The second-order valence-electron chi connectivity index (χ2n) is 5.74. The summed E-state index contributed by atoms with van der Waals surface area (Å²) >= 11 is 4.22. The molecule has 4 atom stereocenters. The van der Waals surface area contributed by atoms with Crippen LogP contribution in [-0.2, 0) is 0 Å². The van der Waals surface area contributed by atoms with E-state index in [1.54, 1.807) is 0 Å². The zero-order chi connectivity index (χ0) is 11.5. The average molecular weight is 259 g/mol. The molecule has 0 bridgehead atoms. The Morgan fingerprint density at radius 2 is 1.75 bits per heavy atom. The first kappa shape index (κ1) is 13.1. The molecule has 4 unspecified atom stereocenters. The molecule has 3 heteroatoms. The van der Waals surface area contributed by atoms with Gasteiger partial charge in [0.15, 0.2) is 0 Å². The Labute approximate surface area is 109 Å². The molecule has 1 saturated heterocycles. The topological polar surface area (TPSA) is 26.0 Å². The van der Waals surface area contributed by atoms with Crippen molar-refractivity contribution in [2.75, 3.05) is 17.3 Å². The van der Waals surface area contributed by atoms with Crippen LogP contribution in [0.5, 0.6) is 0 Å². The lowest BCUT2D eigenvalue weighted by molar-refractivity contribution is 0.193. The van der Waals surface area contributed by atoms with Crippen molar-refractivity contribution in [3.8, 4) is 0 Å². The van der Waals surface area contributed by atoms with Crippen molar-refractivity contribution in [1.82, 2.24) is 0 Å². The molecule has 0 amide bonds. The van der Waals surface area contributed by atoms with Crippen molar-refractivity contribution in [3.05, 3.63) is 0 Å². The summed E-state index contributed by atoms with van der Waals surface area (Å²) in [6.45, 7) is 4.80. The molecule has 0 aromatic carbocycles. The van der Waals surface area contributed by atoms with Crippen LogP contribution in [0.4, 0.5) is 0 Å². The average Bonchev–Trinajstić information content (AvgIpc) is 2.28. The number of hydrogen-bond donors (Lipinski definition) is 1. The van der Waals surface area contributed by atoms with Gasteiger partial charge in [-0.25, -0.2) is 0 Å². The Hall–Kier alpha value is 0.660. The minimum Gasteiger partial charge on any atom is -0.326 e. The van der Waals surface area contributed by atoms with E-state index >= 15 is 0 Å². The quantitative estimate of drug-likeness (QED) is 0.824. The molecule has 16 heavy (non-hydrogen) atoms. The van der Waals surface area contributed by atoms with Crippen LogP contribution in [0.1, 0.15) is 33.1 Å². The maximum absolute atomic E-state index is 6.51. The van der Waals surface area contributed by atoms with Gasteiger partial charge in [0.2, 0.25) is 0 Å². The molecule has 2 N–H and O–H groups in total. The summed E-state index contributed by atoms with van der Waals surface area (Å²) in [6, 6.07) is 0.447. The third kappa shape index (κ3) is 3.33. The molecule has 0 spiro atoms. The Morgan fingerprint density at radius 1 is 1.06 bits per heavy atom. The summed E-state index contributed by atoms with van der Waals surface area (Å²) in [5, 5.41) is 0.723. The molecule has 1 aliphatic heterocycles. The Morgan fingerprint density at radius 3 is 2.31 bits per heavy atom. The van der Waals surface area contributed by atoms with Crippen LogP contribution >= 0.6 is 23.5 Å². The maximum Gasteiger partial charge on any atom is 0.0292 e. The van der Waals surface area contributed by atoms with Gasteiger partial charge < -0.3 is 5.73 Å². The smallest absolute Gasteiger partial charge is 0.0292 e. The van der Waals surface area contributed by atoms with E-state index < -0.39 is 0 Å². The summed E-state index contributed by atoms with van der Waals surface area (Å²) in [5.41, 5.74) is 6.51. The van der Waals surface area contributed by atoms with E-state index in [1.807, 2.05) is 0 Å². The second-order valence-corrected chi connectivity index (χ2v) is 8.24. The molecule has 2 aliphatic rings. The van der Waals surface area contributed by atoms with Crippen LogP contribution in [0.15, 0.2) is 0 Å². The van der Waals surface area contributed by atoms with Crippen molar-refractivity contribution in [2.24, 2.45) is 23.5 Å². The number of thioether (sulfide) groups is 2. The third-order valence-corrected chi connectivity index (χ3v) is 6.94. The standard InChI is InChI=1S/C13H25NS2/c1-9-5-10(2)7-11(6-9)13(14)12-8-15-3-4-16-12/h9-13H,3-8,14H2,1-2H3. The van der Waals surface area contributed by atoms with Gasteiger partial charge in [0, 0.05) is 28.6 Å². The van der Waals surface area contributed by atoms with Crippen LogP contribution in [0.2, 0.25) is 0 Å². The second kappa shape index (κ2) is 6.01. The van der Waals surface area contributed by atoms with Gasteiger partial charge in [0.1, 0.15) is 0 Å². The minimum absolute atomic E-state index is 0.447. The van der Waals surface area contributed by atoms with Crippen molar-refractivity contribution >= 4 is 23.5 Å². The highest BCUT2D eigenvalue weighted by Crippen LogP contribution is 2.38. The van der Waals surface area contributed by atoms with E-state index in [0.29, 0.717) is 6.04 Å². The first-order valence-corrected chi connectivity index (χ1v) is 8.82. The van der Waals surface area contributed by atoms with Gasteiger partial charge in [0.25, 0.3) is 0 Å². The molecule has 0 aromatic heterocycles. The summed E-state index contributed by atoms with van der Waals surface area (Å²) in [7, 11) is 0. The monoisotopic (exact) mass is 259 g/mol. The van der Waals surface area contributed by atoms with Crippen LogP contribution in [0.3, 0.4) is 0 Å². The molecular formula is C13H25NS2. The van der Waals surface area contributed by atoms with Gasteiger partial charge in [-0.1, -0.05) is 13.8 Å². The third-order valence-electron chi connectivity index (χ3n) is 4.03. The summed E-state index contributed by atoms with van der Waals surface area (Å²) in [6.07, 6.45) is 4.15. The first-order valence-electron chi connectivity index (χ1n) is 6.61. The van der Waals surface area contributed by atoms with E-state index in [9.17, 15) is 0 Å². The molecular weight excluding hydrogens is 234 g/mol. The highest BCUT2D eigenvalue weighted by atomic mass is 32.2. The van der Waals surface area contributed by atoms with Gasteiger partial charge in [-0.2, -0.15) is 23.5 Å². The summed E-state index contributed by atoms with van der Waals surface area (Å²) in [5.74, 6) is 6.48. The molecule has 2 fully saturated rings. The van der Waals surface area contributed by atoms with Crippen molar-refractivity contribution in [1.29, 1.82) is 0 Å². The van der Waals surface area contributed by atoms with Gasteiger partial charge in [0.05, 0.1) is 0 Å². The number of nitrogens with two attached hydrogens (primary N) is 1. The van der Waals surface area contributed by atoms with Crippen LogP contribution in [0.25, 0.3) is 0 Å². The lowest BCUT2D eigenvalue weighted by Gasteiger charge is -2.38. The van der Waals surface area contributed by atoms with E-state index in [1.165, 1.54) is 36.5 Å². The predicted octanol–water partition coefficient (Wildman–Crippen LogP) is 3.23. The largest absolute Gasteiger partial charge is 0.326 e. The van der Waals surface area contributed by atoms with Crippen molar-refractivity contribution in [3.63, 3.8) is 0 Å². The van der Waals surface area contributed by atoms with Gasteiger partial charge >= 0.3 is 0 Å². The zero-order valence-corrected chi connectivity index (χ0v) is 12.2. The maximum atomic E-state index is 6.51. The SMILES string of the molecule is CC1CC(C)CC(C(N)C2CSCCS2)C1. The Kier molecular flexibility index (Phi) is 4.92. The molecule has 1 nitrogen and oxygen atoms in total. The normalized spacial score (nSPS) is 42.9. The fourth-order valence-electron chi connectivity index (χ4n) is 3.36. The molecule has 2 rings (SSSR count). The fourth-order valence-corrected chi connectivity index (χ4v) is 6.25. The molecule has 1 heterocycles. The Bertz CT molecular complexity index is 206. The minimum atomic E-state index is 0.447. The van der Waals surface area contributed by atoms with E-state index in [-0.39, 0.29) is 0 Å². The lowest BCUT2D eigenvalue weighted by atomic mass is 9.73. The van der Waals surface area contributed by atoms with E-state index in [0.717, 1.165) is 23.0 Å². The van der Waals surface area contributed by atoms with Gasteiger partial charge in [-0.05, 0) is 37.0 Å². The van der Waals surface area contributed by atoms with Gasteiger partial charge in [-0.3, -0.25) is 0 Å². The van der Waals surface area contributed by atoms with Crippen LogP contribution < -0.4 is 5.73 Å². The lowest BCUT2D eigenvalue weighted by Crippen LogP contribution is -2.44.